The molecule has 0 aliphatic heterocycles. The molecule has 0 fully saturated rings. The highest BCUT2D eigenvalue weighted by Crippen LogP contribution is 2.35. The number of nitrogens with zero attached hydrogens (tertiary/aromatic N) is 5. The van der Waals surface area contributed by atoms with E-state index in [0.717, 1.165) is 16.6 Å². The first-order valence-corrected chi connectivity index (χ1v) is 9.65. The Kier molecular flexibility index (Phi) is 5.39. The third-order valence-corrected chi connectivity index (χ3v) is 4.71. The molecule has 2 aromatic carbocycles. The van der Waals surface area contributed by atoms with Gasteiger partial charge in [-0.2, -0.15) is 10.2 Å². The van der Waals surface area contributed by atoms with Crippen LogP contribution in [0.4, 0.5) is 5.82 Å². The molecule has 0 amide bonds. The molecule has 0 saturated carbocycles. The van der Waals surface area contributed by atoms with E-state index in [2.05, 4.69) is 41.5 Å². The molecular weight excluding hydrogens is 436 g/mol. The van der Waals surface area contributed by atoms with Crippen molar-refractivity contribution in [1.82, 2.24) is 19.7 Å². The topological polar surface area (TPSA) is 97.5 Å². The predicted molar refractivity (Wildman–Crippen MR) is 115 cm³/mol. The summed E-state index contributed by atoms with van der Waals surface area (Å²) in [5.41, 5.74) is 5.27. The van der Waals surface area contributed by atoms with Crippen LogP contribution in [0.25, 0.3) is 16.7 Å². The summed E-state index contributed by atoms with van der Waals surface area (Å²) in [6.07, 6.45) is 4.78. The van der Waals surface area contributed by atoms with Crippen LogP contribution in [0.2, 0.25) is 0 Å². The Hall–Kier alpha value is -3.46. The quantitative estimate of drug-likeness (QED) is 0.337. The Balaban J connectivity index is 1.60. The second-order valence-corrected chi connectivity index (χ2v) is 6.86. The van der Waals surface area contributed by atoms with Crippen molar-refractivity contribution in [2.75, 3.05) is 12.0 Å². The fourth-order valence-electron chi connectivity index (χ4n) is 2.79. The lowest BCUT2D eigenvalue weighted by Gasteiger charge is -2.08. The number of hydrogen-bond acceptors (Lipinski definition) is 7. The lowest BCUT2D eigenvalue weighted by Crippen LogP contribution is -1.99. The summed E-state index contributed by atoms with van der Waals surface area (Å²) in [7, 11) is 0. The summed E-state index contributed by atoms with van der Waals surface area (Å²) in [6.45, 7) is 2.30. The monoisotopic (exact) mass is 452 g/mol. The highest BCUT2D eigenvalue weighted by Gasteiger charge is 2.11. The van der Waals surface area contributed by atoms with Gasteiger partial charge in [0.25, 0.3) is 0 Å². The first kappa shape index (κ1) is 18.9. The maximum absolute atomic E-state index is 10.0. The Morgan fingerprint density at radius 1 is 1.24 bits per heavy atom. The van der Waals surface area contributed by atoms with Gasteiger partial charge in [0.2, 0.25) is 0 Å². The van der Waals surface area contributed by atoms with Crippen molar-refractivity contribution < 1.29 is 9.84 Å². The minimum atomic E-state index is 0.0581. The molecule has 4 rings (SSSR count). The molecule has 8 nitrogen and oxygen atoms in total. The van der Waals surface area contributed by atoms with Gasteiger partial charge in [-0.25, -0.2) is 14.6 Å². The van der Waals surface area contributed by atoms with Crippen molar-refractivity contribution in [3.8, 4) is 17.2 Å². The Bertz CT molecular complexity index is 1180. The fraction of sp³-hybridized carbons (Fsp3) is 0.100. The number of phenolic OH excluding ortho intramolecular Hbond substituents is 1. The Labute approximate surface area is 175 Å². The van der Waals surface area contributed by atoms with Crippen molar-refractivity contribution >= 4 is 39.0 Å². The minimum Gasteiger partial charge on any atom is -0.503 e. The van der Waals surface area contributed by atoms with Crippen LogP contribution < -0.4 is 10.2 Å². The smallest absolute Gasteiger partial charge is 0.172 e. The molecule has 0 bridgehead atoms. The van der Waals surface area contributed by atoms with Crippen LogP contribution in [0.5, 0.6) is 11.5 Å². The van der Waals surface area contributed by atoms with Crippen molar-refractivity contribution in [2.45, 2.75) is 6.92 Å². The first-order chi connectivity index (χ1) is 14.2. The number of aromatic nitrogens is 4. The number of benzene rings is 2. The lowest BCUT2D eigenvalue weighted by molar-refractivity contribution is 0.317. The number of ether oxygens (including phenoxy) is 1. The van der Waals surface area contributed by atoms with Crippen LogP contribution >= 0.6 is 15.9 Å². The zero-order valence-corrected chi connectivity index (χ0v) is 17.0. The second-order valence-electron chi connectivity index (χ2n) is 6.00. The van der Waals surface area contributed by atoms with E-state index in [-0.39, 0.29) is 5.75 Å². The minimum absolute atomic E-state index is 0.0581. The van der Waals surface area contributed by atoms with E-state index in [4.69, 9.17) is 4.74 Å². The lowest BCUT2D eigenvalue weighted by atomic mass is 10.2. The average Bonchev–Trinajstić information content (AvgIpc) is 3.17. The van der Waals surface area contributed by atoms with E-state index < -0.39 is 0 Å². The number of hydrazone groups is 1. The van der Waals surface area contributed by atoms with E-state index in [1.54, 1.807) is 29.2 Å². The molecule has 2 N–H and O–H groups in total. The molecule has 0 spiro atoms. The number of phenols is 1. The molecular formula is C20H17BrN6O2. The molecule has 0 radical (unpaired) electrons. The summed E-state index contributed by atoms with van der Waals surface area (Å²) < 4.78 is 7.71. The number of anilines is 1. The van der Waals surface area contributed by atoms with Gasteiger partial charge in [-0.1, -0.05) is 18.2 Å². The van der Waals surface area contributed by atoms with Crippen LogP contribution in [0.3, 0.4) is 0 Å². The van der Waals surface area contributed by atoms with Gasteiger partial charge in [0.05, 0.1) is 34.6 Å². The van der Waals surface area contributed by atoms with E-state index >= 15 is 0 Å². The van der Waals surface area contributed by atoms with Crippen LogP contribution in [0, 0.1) is 0 Å². The molecule has 4 aromatic rings. The van der Waals surface area contributed by atoms with Gasteiger partial charge < -0.3 is 9.84 Å². The second kappa shape index (κ2) is 8.27. The largest absolute Gasteiger partial charge is 0.503 e. The number of fused-ring (bicyclic) bond motifs is 1. The molecule has 0 aliphatic rings. The Morgan fingerprint density at radius 2 is 2.07 bits per heavy atom. The molecule has 9 heteroatoms. The van der Waals surface area contributed by atoms with Gasteiger partial charge in [0.1, 0.15) is 6.33 Å². The van der Waals surface area contributed by atoms with Gasteiger partial charge in [-0.05, 0) is 52.7 Å². The maximum Gasteiger partial charge on any atom is 0.172 e. The van der Waals surface area contributed by atoms with E-state index in [1.807, 2.05) is 37.3 Å². The summed E-state index contributed by atoms with van der Waals surface area (Å²) in [6, 6.07) is 13.2. The Morgan fingerprint density at radius 3 is 2.86 bits per heavy atom. The molecule has 0 saturated heterocycles. The summed E-state index contributed by atoms with van der Waals surface area (Å²) in [5.74, 6) is 0.982. The summed E-state index contributed by atoms with van der Waals surface area (Å²) >= 11 is 3.32. The fourth-order valence-corrected chi connectivity index (χ4v) is 3.25. The SMILES string of the molecule is CCOc1cc(/C=N/Nc2ncnc3c2cnn3-c2ccccc2)cc(Br)c1O. The highest BCUT2D eigenvalue weighted by molar-refractivity contribution is 9.10. The summed E-state index contributed by atoms with van der Waals surface area (Å²) in [4.78, 5) is 8.61. The van der Waals surface area contributed by atoms with Gasteiger partial charge in [-0.15, -0.1) is 0 Å². The van der Waals surface area contributed by atoms with Gasteiger partial charge >= 0.3 is 0 Å². The van der Waals surface area contributed by atoms with E-state index in [9.17, 15) is 5.11 Å². The molecule has 2 aromatic heterocycles. The highest BCUT2D eigenvalue weighted by atomic mass is 79.9. The number of rotatable bonds is 6. The van der Waals surface area contributed by atoms with Crippen LogP contribution in [-0.2, 0) is 0 Å². The molecule has 0 unspecified atom stereocenters. The number of aromatic hydroxyl groups is 1. The number of halogens is 1. The van der Waals surface area contributed by atoms with Crippen molar-refractivity contribution in [3.05, 3.63) is 65.0 Å². The number of para-hydroxylation sites is 1. The third-order valence-electron chi connectivity index (χ3n) is 4.10. The molecule has 2 heterocycles. The molecule has 29 heavy (non-hydrogen) atoms. The van der Waals surface area contributed by atoms with Crippen LogP contribution in [-0.4, -0.2) is 37.7 Å². The number of nitrogens with one attached hydrogen (secondary N) is 1. The molecule has 0 aliphatic carbocycles. The predicted octanol–water partition coefficient (Wildman–Crippen LogP) is 4.13. The maximum atomic E-state index is 10.0. The van der Waals surface area contributed by atoms with Crippen molar-refractivity contribution in [3.63, 3.8) is 0 Å². The van der Waals surface area contributed by atoms with Crippen LogP contribution in [0.1, 0.15) is 12.5 Å². The standard InChI is InChI=1S/C20H17BrN6O2/c1-2-29-17-9-13(8-16(21)18(17)28)10-24-26-19-15-11-25-27(20(15)23-12-22-19)14-6-4-3-5-7-14/h3-12,28H,2H2,1H3,(H,22,23,26)/b24-10+. The average molecular weight is 453 g/mol. The van der Waals surface area contributed by atoms with Crippen molar-refractivity contribution in [1.29, 1.82) is 0 Å². The number of hydrogen-bond donors (Lipinski definition) is 2. The summed E-state index contributed by atoms with van der Waals surface area (Å²) in [5, 5.41) is 19.4. The van der Waals surface area contributed by atoms with E-state index in [0.29, 0.717) is 28.3 Å². The molecule has 146 valence electrons. The zero-order valence-electron chi connectivity index (χ0n) is 15.5. The van der Waals surface area contributed by atoms with Gasteiger partial charge in [0, 0.05) is 0 Å². The van der Waals surface area contributed by atoms with E-state index in [1.165, 1.54) is 6.33 Å². The third kappa shape index (κ3) is 3.90. The first-order valence-electron chi connectivity index (χ1n) is 8.86. The molecule has 0 atom stereocenters. The zero-order chi connectivity index (χ0) is 20.2. The normalized spacial score (nSPS) is 11.2. The van der Waals surface area contributed by atoms with Crippen molar-refractivity contribution in [2.24, 2.45) is 5.10 Å². The van der Waals surface area contributed by atoms with Gasteiger partial charge in [0.15, 0.2) is 23.0 Å². The van der Waals surface area contributed by atoms with Gasteiger partial charge in [-0.3, -0.25) is 5.43 Å². The van der Waals surface area contributed by atoms with Crippen LogP contribution in [0.15, 0.2) is 64.6 Å².